The van der Waals surface area contributed by atoms with Gasteiger partial charge in [0.2, 0.25) is 0 Å². The summed E-state index contributed by atoms with van der Waals surface area (Å²) < 4.78 is 10.8. The summed E-state index contributed by atoms with van der Waals surface area (Å²) in [6.07, 6.45) is 0. The topological polar surface area (TPSA) is 79.9 Å². The highest BCUT2D eigenvalue weighted by atomic mass is 16.5. The number of benzene rings is 2. The standard InChI is InChI=1S/C16H12O5/c1-20-12-2-3-13-14(19)8-15(21-16(13)7-12)9-4-10(17)6-11(18)5-9/h2-8,17-18H,1H3. The molecule has 0 saturated carbocycles. The van der Waals surface area contributed by atoms with Gasteiger partial charge >= 0.3 is 0 Å². The Bertz CT molecular complexity index is 859. The van der Waals surface area contributed by atoms with Crippen LogP contribution in [0.5, 0.6) is 17.2 Å². The molecule has 2 N–H and O–H groups in total. The second kappa shape index (κ2) is 4.86. The molecule has 1 aromatic heterocycles. The number of fused-ring (bicyclic) bond motifs is 1. The molecule has 1 heterocycles. The number of ether oxygens (including phenoxy) is 1. The van der Waals surface area contributed by atoms with Crippen LogP contribution in [0.2, 0.25) is 0 Å². The van der Waals surface area contributed by atoms with Gasteiger partial charge in [-0.15, -0.1) is 0 Å². The van der Waals surface area contributed by atoms with Gasteiger partial charge in [-0.3, -0.25) is 4.79 Å². The molecule has 3 rings (SSSR count). The van der Waals surface area contributed by atoms with E-state index in [1.807, 2.05) is 0 Å². The molecule has 0 amide bonds. The monoisotopic (exact) mass is 284 g/mol. The molecule has 0 atom stereocenters. The van der Waals surface area contributed by atoms with Crippen LogP contribution in [0.25, 0.3) is 22.3 Å². The third-order valence-corrected chi connectivity index (χ3v) is 3.12. The second-order valence-electron chi connectivity index (χ2n) is 4.58. The van der Waals surface area contributed by atoms with E-state index in [2.05, 4.69) is 0 Å². The third kappa shape index (κ3) is 2.41. The van der Waals surface area contributed by atoms with E-state index >= 15 is 0 Å². The lowest BCUT2D eigenvalue weighted by molar-refractivity contribution is 0.414. The summed E-state index contributed by atoms with van der Waals surface area (Å²) in [4.78, 5) is 12.1. The van der Waals surface area contributed by atoms with Crippen molar-refractivity contribution in [1.29, 1.82) is 0 Å². The minimum Gasteiger partial charge on any atom is -0.508 e. The van der Waals surface area contributed by atoms with Crippen LogP contribution in [0.3, 0.4) is 0 Å². The van der Waals surface area contributed by atoms with E-state index in [0.29, 0.717) is 22.3 Å². The summed E-state index contributed by atoms with van der Waals surface area (Å²) in [5, 5.41) is 19.5. The molecule has 21 heavy (non-hydrogen) atoms. The minimum atomic E-state index is -0.211. The number of methoxy groups -OCH3 is 1. The van der Waals surface area contributed by atoms with Crippen LogP contribution < -0.4 is 10.2 Å². The van der Waals surface area contributed by atoms with Crippen molar-refractivity contribution < 1.29 is 19.4 Å². The number of hydrogen-bond acceptors (Lipinski definition) is 5. The van der Waals surface area contributed by atoms with Crippen molar-refractivity contribution in [2.45, 2.75) is 0 Å². The summed E-state index contributed by atoms with van der Waals surface area (Å²) in [6, 6.07) is 10.3. The second-order valence-corrected chi connectivity index (χ2v) is 4.58. The Kier molecular flexibility index (Phi) is 3.02. The average Bonchev–Trinajstić information content (AvgIpc) is 2.45. The molecule has 0 radical (unpaired) electrons. The van der Waals surface area contributed by atoms with E-state index in [1.165, 1.54) is 31.4 Å². The van der Waals surface area contributed by atoms with Gasteiger partial charge < -0.3 is 19.4 Å². The van der Waals surface area contributed by atoms with E-state index in [1.54, 1.807) is 18.2 Å². The Balaban J connectivity index is 2.25. The molecule has 0 fully saturated rings. The van der Waals surface area contributed by atoms with Gasteiger partial charge in [-0.1, -0.05) is 0 Å². The fourth-order valence-electron chi connectivity index (χ4n) is 2.14. The molecule has 5 heteroatoms. The molecule has 5 nitrogen and oxygen atoms in total. The number of hydrogen-bond donors (Lipinski definition) is 2. The van der Waals surface area contributed by atoms with E-state index in [4.69, 9.17) is 9.15 Å². The molecule has 0 aliphatic rings. The maximum atomic E-state index is 12.1. The lowest BCUT2D eigenvalue weighted by Crippen LogP contribution is -2.00. The molecule has 3 aromatic rings. The van der Waals surface area contributed by atoms with Crippen molar-refractivity contribution in [1.82, 2.24) is 0 Å². The summed E-state index contributed by atoms with van der Waals surface area (Å²) in [6.45, 7) is 0. The number of rotatable bonds is 2. The van der Waals surface area contributed by atoms with Gasteiger partial charge in [-0.25, -0.2) is 0 Å². The van der Waals surface area contributed by atoms with Gasteiger partial charge in [0.25, 0.3) is 0 Å². The molecular weight excluding hydrogens is 272 g/mol. The molecule has 106 valence electrons. The Labute approximate surface area is 119 Å². The smallest absolute Gasteiger partial charge is 0.193 e. The van der Waals surface area contributed by atoms with Gasteiger partial charge in [0.05, 0.1) is 12.5 Å². The van der Waals surface area contributed by atoms with Crippen molar-refractivity contribution in [3.05, 3.63) is 52.7 Å². The van der Waals surface area contributed by atoms with Crippen LogP contribution in [0.15, 0.2) is 51.7 Å². The predicted molar refractivity (Wildman–Crippen MR) is 77.8 cm³/mol. The van der Waals surface area contributed by atoms with Crippen molar-refractivity contribution >= 4 is 11.0 Å². The van der Waals surface area contributed by atoms with Crippen LogP contribution in [-0.4, -0.2) is 17.3 Å². The fourth-order valence-corrected chi connectivity index (χ4v) is 2.14. The largest absolute Gasteiger partial charge is 0.508 e. The molecule has 0 unspecified atom stereocenters. The highest BCUT2D eigenvalue weighted by Gasteiger charge is 2.09. The first-order chi connectivity index (χ1) is 10.1. The molecule has 0 bridgehead atoms. The number of phenols is 2. The Morgan fingerprint density at radius 3 is 2.38 bits per heavy atom. The van der Waals surface area contributed by atoms with Crippen molar-refractivity contribution in [3.8, 4) is 28.6 Å². The van der Waals surface area contributed by atoms with Crippen LogP contribution in [0.4, 0.5) is 0 Å². The minimum absolute atomic E-state index is 0.113. The van der Waals surface area contributed by atoms with Gasteiger partial charge in [-0.05, 0) is 24.3 Å². The lowest BCUT2D eigenvalue weighted by Gasteiger charge is -2.06. The Morgan fingerprint density at radius 2 is 1.71 bits per heavy atom. The van der Waals surface area contributed by atoms with E-state index < -0.39 is 0 Å². The summed E-state index contributed by atoms with van der Waals surface area (Å²) in [5.41, 5.74) is 0.575. The van der Waals surface area contributed by atoms with Crippen molar-refractivity contribution in [3.63, 3.8) is 0 Å². The van der Waals surface area contributed by atoms with Gasteiger partial charge in [0.15, 0.2) is 5.43 Å². The highest BCUT2D eigenvalue weighted by Crippen LogP contribution is 2.30. The molecule has 0 aliphatic carbocycles. The summed E-state index contributed by atoms with van der Waals surface area (Å²) >= 11 is 0. The van der Waals surface area contributed by atoms with Gasteiger partial charge in [-0.2, -0.15) is 0 Å². The average molecular weight is 284 g/mol. The zero-order chi connectivity index (χ0) is 15.0. The van der Waals surface area contributed by atoms with Crippen molar-refractivity contribution in [2.75, 3.05) is 7.11 Å². The molecule has 0 spiro atoms. The zero-order valence-electron chi connectivity index (χ0n) is 11.2. The molecular formula is C16H12O5. The van der Waals surface area contributed by atoms with Gasteiger partial charge in [0.1, 0.15) is 28.6 Å². The van der Waals surface area contributed by atoms with Crippen LogP contribution >= 0.6 is 0 Å². The third-order valence-electron chi connectivity index (χ3n) is 3.12. The van der Waals surface area contributed by atoms with E-state index in [9.17, 15) is 15.0 Å². The molecule has 2 aromatic carbocycles. The first-order valence-corrected chi connectivity index (χ1v) is 6.22. The summed E-state index contributed by atoms with van der Waals surface area (Å²) in [7, 11) is 1.52. The number of aromatic hydroxyl groups is 2. The van der Waals surface area contributed by atoms with Crippen molar-refractivity contribution in [2.24, 2.45) is 0 Å². The van der Waals surface area contributed by atoms with Gasteiger partial charge in [0, 0.05) is 23.8 Å². The fraction of sp³-hybridized carbons (Fsp3) is 0.0625. The molecule has 0 saturated heterocycles. The first kappa shape index (κ1) is 13.1. The van der Waals surface area contributed by atoms with Crippen LogP contribution in [-0.2, 0) is 0 Å². The van der Waals surface area contributed by atoms with E-state index in [-0.39, 0.29) is 22.7 Å². The molecule has 0 aliphatic heterocycles. The number of phenolic OH excluding ortho intramolecular Hbond substituents is 2. The zero-order valence-corrected chi connectivity index (χ0v) is 11.2. The normalized spacial score (nSPS) is 10.7. The van der Waals surface area contributed by atoms with Crippen LogP contribution in [0.1, 0.15) is 0 Å². The Hall–Kier alpha value is -2.95. The maximum Gasteiger partial charge on any atom is 0.193 e. The predicted octanol–water partition coefficient (Wildman–Crippen LogP) is 2.88. The van der Waals surface area contributed by atoms with E-state index in [0.717, 1.165) is 0 Å². The lowest BCUT2D eigenvalue weighted by atomic mass is 10.1. The quantitative estimate of drug-likeness (QED) is 0.756. The maximum absolute atomic E-state index is 12.1. The SMILES string of the molecule is COc1ccc2c(=O)cc(-c3cc(O)cc(O)c3)oc2c1. The summed E-state index contributed by atoms with van der Waals surface area (Å²) in [5.74, 6) is 0.602. The first-order valence-electron chi connectivity index (χ1n) is 6.22. The Morgan fingerprint density at radius 1 is 1.00 bits per heavy atom. The van der Waals surface area contributed by atoms with Crippen LogP contribution in [0, 0.1) is 0 Å². The highest BCUT2D eigenvalue weighted by molar-refractivity contribution is 5.80.